The van der Waals surface area contributed by atoms with Crippen molar-refractivity contribution in [3.05, 3.63) is 30.1 Å². The van der Waals surface area contributed by atoms with Gasteiger partial charge in [0.25, 0.3) is 0 Å². The van der Waals surface area contributed by atoms with Gasteiger partial charge in [-0.05, 0) is 18.6 Å². The Balaban J connectivity index is 0.00000364. The standard InChI is InChI=1S/C24H40N2.2Na/c1-2-3-4-5-6-7-8-9-10-11-12-13-14-15-16-21-24-25-22-19-17-18-20-23(22)26-24;;/h17-20H,2-16,21H2,1H3,(H,25,26);;. The van der Waals surface area contributed by atoms with Crippen LogP contribution in [0.3, 0.4) is 0 Å². The summed E-state index contributed by atoms with van der Waals surface area (Å²) >= 11 is 0. The first kappa shape index (κ1) is 28.7. The summed E-state index contributed by atoms with van der Waals surface area (Å²) in [6, 6.07) is 8.32. The average molecular weight is 403 g/mol. The Morgan fingerprint density at radius 2 is 1.11 bits per heavy atom. The summed E-state index contributed by atoms with van der Waals surface area (Å²) in [7, 11) is 0. The van der Waals surface area contributed by atoms with Crippen molar-refractivity contribution >= 4 is 70.1 Å². The van der Waals surface area contributed by atoms with E-state index in [1.807, 2.05) is 0 Å². The van der Waals surface area contributed by atoms with Crippen LogP contribution < -0.4 is 0 Å². The first-order valence-electron chi connectivity index (χ1n) is 11.3. The SMILES string of the molecule is CCCCCCCCCCCCCCCCCc1nc2ccccc2[nH]1.[Na].[Na]. The molecule has 0 aliphatic heterocycles. The normalized spacial score (nSPS) is 10.6. The molecule has 4 heteroatoms. The van der Waals surface area contributed by atoms with Gasteiger partial charge in [0.1, 0.15) is 5.82 Å². The van der Waals surface area contributed by atoms with Crippen LogP contribution in [0.25, 0.3) is 11.0 Å². The van der Waals surface area contributed by atoms with E-state index in [0.29, 0.717) is 0 Å². The summed E-state index contributed by atoms with van der Waals surface area (Å²) in [6.45, 7) is 2.29. The molecule has 0 spiro atoms. The maximum absolute atomic E-state index is 4.66. The molecule has 28 heavy (non-hydrogen) atoms. The van der Waals surface area contributed by atoms with Gasteiger partial charge in [0.15, 0.2) is 0 Å². The summed E-state index contributed by atoms with van der Waals surface area (Å²) in [4.78, 5) is 8.09. The fraction of sp³-hybridized carbons (Fsp3) is 0.708. The number of imidazole rings is 1. The van der Waals surface area contributed by atoms with E-state index in [-0.39, 0.29) is 59.1 Å². The smallest absolute Gasteiger partial charge is 0.107 e. The molecular weight excluding hydrogens is 362 g/mol. The molecule has 2 rings (SSSR count). The van der Waals surface area contributed by atoms with Crippen LogP contribution in [0.15, 0.2) is 24.3 Å². The number of unbranched alkanes of at least 4 members (excludes halogenated alkanes) is 14. The minimum Gasteiger partial charge on any atom is -0.342 e. The third-order valence-electron chi connectivity index (χ3n) is 5.46. The molecule has 2 nitrogen and oxygen atoms in total. The van der Waals surface area contributed by atoms with E-state index in [1.165, 1.54) is 102 Å². The first-order valence-corrected chi connectivity index (χ1v) is 11.3. The number of aryl methyl sites for hydroxylation is 1. The number of nitrogens with zero attached hydrogens (tertiary/aromatic N) is 1. The quantitative estimate of drug-likeness (QED) is 0.233. The van der Waals surface area contributed by atoms with E-state index in [0.717, 1.165) is 17.8 Å². The number of para-hydroxylation sites is 2. The number of H-pyrrole nitrogens is 1. The van der Waals surface area contributed by atoms with E-state index in [2.05, 4.69) is 41.2 Å². The van der Waals surface area contributed by atoms with Crippen molar-refractivity contribution in [2.75, 3.05) is 0 Å². The van der Waals surface area contributed by atoms with Gasteiger partial charge in [0.2, 0.25) is 0 Å². The van der Waals surface area contributed by atoms with Crippen LogP contribution in [-0.4, -0.2) is 69.1 Å². The molecule has 1 aromatic heterocycles. The number of rotatable bonds is 16. The number of aromatic nitrogens is 2. The summed E-state index contributed by atoms with van der Waals surface area (Å²) in [5.41, 5.74) is 2.27. The number of fused-ring (bicyclic) bond motifs is 1. The Hall–Kier alpha value is 0.690. The maximum Gasteiger partial charge on any atom is 0.107 e. The van der Waals surface area contributed by atoms with Crippen molar-refractivity contribution < 1.29 is 0 Å². The molecule has 1 N–H and O–H groups in total. The molecule has 148 valence electrons. The van der Waals surface area contributed by atoms with Gasteiger partial charge in [-0.25, -0.2) is 4.98 Å². The van der Waals surface area contributed by atoms with Crippen molar-refractivity contribution in [2.24, 2.45) is 0 Å². The van der Waals surface area contributed by atoms with Gasteiger partial charge in [-0.2, -0.15) is 0 Å². The van der Waals surface area contributed by atoms with Crippen LogP contribution in [0.1, 0.15) is 109 Å². The van der Waals surface area contributed by atoms with Crippen molar-refractivity contribution in [1.29, 1.82) is 0 Å². The Morgan fingerprint density at radius 1 is 0.643 bits per heavy atom. The van der Waals surface area contributed by atoms with E-state index in [1.54, 1.807) is 0 Å². The van der Waals surface area contributed by atoms with Crippen LogP contribution in [0, 0.1) is 0 Å². The van der Waals surface area contributed by atoms with Crippen molar-refractivity contribution in [1.82, 2.24) is 9.97 Å². The van der Waals surface area contributed by atoms with Crippen LogP contribution in [0.5, 0.6) is 0 Å². The van der Waals surface area contributed by atoms with E-state index in [9.17, 15) is 0 Å². The van der Waals surface area contributed by atoms with E-state index in [4.69, 9.17) is 0 Å². The number of aromatic amines is 1. The minimum atomic E-state index is 0. The summed E-state index contributed by atoms with van der Waals surface area (Å²) in [6.07, 6.45) is 22.4. The number of nitrogens with one attached hydrogen (secondary N) is 1. The largest absolute Gasteiger partial charge is 0.342 e. The predicted molar refractivity (Wildman–Crippen MR) is 126 cm³/mol. The zero-order valence-corrected chi connectivity index (χ0v) is 23.1. The monoisotopic (exact) mass is 402 g/mol. The summed E-state index contributed by atoms with van der Waals surface area (Å²) < 4.78 is 0. The molecule has 0 aliphatic carbocycles. The minimum absolute atomic E-state index is 0. The summed E-state index contributed by atoms with van der Waals surface area (Å²) in [5.74, 6) is 1.15. The molecule has 0 saturated carbocycles. The zero-order chi connectivity index (χ0) is 18.3. The van der Waals surface area contributed by atoms with Crippen molar-refractivity contribution in [2.45, 2.75) is 110 Å². The molecule has 2 aromatic rings. The molecule has 0 saturated heterocycles. The Labute approximate surface area is 218 Å². The van der Waals surface area contributed by atoms with Crippen molar-refractivity contribution in [3.8, 4) is 0 Å². The number of hydrogen-bond acceptors (Lipinski definition) is 1. The molecule has 0 bridgehead atoms. The third-order valence-corrected chi connectivity index (χ3v) is 5.46. The van der Waals surface area contributed by atoms with Gasteiger partial charge in [0.05, 0.1) is 11.0 Å². The number of hydrogen-bond donors (Lipinski definition) is 1. The van der Waals surface area contributed by atoms with Gasteiger partial charge in [-0.15, -0.1) is 0 Å². The van der Waals surface area contributed by atoms with Crippen LogP contribution in [-0.2, 0) is 6.42 Å². The maximum atomic E-state index is 4.66. The predicted octanol–water partition coefficient (Wildman–Crippen LogP) is 7.22. The second-order valence-corrected chi connectivity index (χ2v) is 7.90. The molecule has 0 atom stereocenters. The fourth-order valence-electron chi connectivity index (χ4n) is 3.79. The van der Waals surface area contributed by atoms with Crippen LogP contribution in [0.2, 0.25) is 0 Å². The van der Waals surface area contributed by atoms with Gasteiger partial charge in [0, 0.05) is 65.5 Å². The van der Waals surface area contributed by atoms with Gasteiger partial charge < -0.3 is 4.98 Å². The van der Waals surface area contributed by atoms with Gasteiger partial charge in [-0.3, -0.25) is 0 Å². The Kier molecular flexibility index (Phi) is 20.1. The second kappa shape index (κ2) is 19.6. The third kappa shape index (κ3) is 13.1. The molecule has 2 radical (unpaired) electrons. The topological polar surface area (TPSA) is 28.7 Å². The molecule has 0 fully saturated rings. The zero-order valence-electron chi connectivity index (χ0n) is 19.1. The molecular formula is C24H40N2Na2. The van der Waals surface area contributed by atoms with Gasteiger partial charge >= 0.3 is 0 Å². The molecule has 0 unspecified atom stereocenters. The van der Waals surface area contributed by atoms with E-state index >= 15 is 0 Å². The van der Waals surface area contributed by atoms with Gasteiger partial charge in [-0.1, -0.05) is 109 Å². The Bertz CT molecular complexity index is 550. The molecule has 1 aromatic carbocycles. The second-order valence-electron chi connectivity index (χ2n) is 7.90. The van der Waals surface area contributed by atoms with Crippen LogP contribution >= 0.6 is 0 Å². The molecule has 0 aliphatic rings. The van der Waals surface area contributed by atoms with E-state index < -0.39 is 0 Å². The Morgan fingerprint density at radius 3 is 1.61 bits per heavy atom. The fourth-order valence-corrected chi connectivity index (χ4v) is 3.79. The summed E-state index contributed by atoms with van der Waals surface area (Å²) in [5, 5.41) is 0. The molecule has 0 amide bonds. The number of benzene rings is 1. The first-order chi connectivity index (χ1) is 12.9. The average Bonchev–Trinajstić information content (AvgIpc) is 3.07. The van der Waals surface area contributed by atoms with Crippen LogP contribution in [0.4, 0.5) is 0 Å². The van der Waals surface area contributed by atoms with Crippen molar-refractivity contribution in [3.63, 3.8) is 0 Å². The molecule has 1 heterocycles.